The minimum absolute atomic E-state index is 0.228. The summed E-state index contributed by atoms with van der Waals surface area (Å²) in [7, 11) is 2.14. The molecule has 1 atom stereocenters. The van der Waals surface area contributed by atoms with E-state index in [4.69, 9.17) is 4.84 Å². The molecule has 1 unspecified atom stereocenters. The first-order valence-electron chi connectivity index (χ1n) is 10.0. The lowest BCUT2D eigenvalue weighted by atomic mass is 9.84. The molecule has 4 aromatic rings. The third-order valence-corrected chi connectivity index (χ3v) is 6.35. The maximum Gasteiger partial charge on any atom is 0.248 e. The number of hydrogen-bond acceptors (Lipinski definition) is 4. The Kier molecular flexibility index (Phi) is 4.90. The zero-order valence-electron chi connectivity index (χ0n) is 16.9. The van der Waals surface area contributed by atoms with Crippen LogP contribution in [-0.2, 0) is 20.0 Å². The van der Waals surface area contributed by atoms with E-state index in [1.54, 1.807) is 6.20 Å². The van der Waals surface area contributed by atoms with Crippen molar-refractivity contribution in [1.82, 2.24) is 19.1 Å². The topological polar surface area (TPSA) is 57.2 Å². The summed E-state index contributed by atoms with van der Waals surface area (Å²) in [4.78, 5) is 14.5. The molecule has 0 amide bonds. The second-order valence-corrected chi connectivity index (χ2v) is 8.56. The normalized spacial score (nSPS) is 17.4. The average molecular weight is 464 g/mol. The molecule has 0 spiro atoms. The van der Waals surface area contributed by atoms with E-state index >= 15 is 0 Å². The molecular formula is C23H22BrN5O. The van der Waals surface area contributed by atoms with E-state index < -0.39 is 0 Å². The smallest absolute Gasteiger partial charge is 0.248 e. The number of fused-ring (bicyclic) bond motifs is 3. The van der Waals surface area contributed by atoms with Crippen LogP contribution in [0.1, 0.15) is 23.5 Å². The van der Waals surface area contributed by atoms with Crippen molar-refractivity contribution in [3.63, 3.8) is 0 Å². The van der Waals surface area contributed by atoms with E-state index in [-0.39, 0.29) is 5.92 Å². The highest BCUT2D eigenvalue weighted by molar-refractivity contribution is 9.10. The van der Waals surface area contributed by atoms with Gasteiger partial charge in [-0.15, -0.1) is 0 Å². The predicted molar refractivity (Wildman–Crippen MR) is 121 cm³/mol. The highest BCUT2D eigenvalue weighted by Crippen LogP contribution is 2.35. The quantitative estimate of drug-likeness (QED) is 0.405. The largest absolute Gasteiger partial charge is 0.347 e. The highest BCUT2D eigenvalue weighted by atomic mass is 79.9. The summed E-state index contributed by atoms with van der Waals surface area (Å²) in [6, 6.07) is 12.2. The first-order valence-corrected chi connectivity index (χ1v) is 10.8. The number of imidazole rings is 1. The van der Waals surface area contributed by atoms with Gasteiger partial charge in [0.05, 0.1) is 5.71 Å². The number of hydrogen-bond donors (Lipinski definition) is 0. The molecule has 152 valence electrons. The Bertz CT molecular complexity index is 1240. The number of aromatic nitrogens is 4. The molecule has 0 fully saturated rings. The number of benzene rings is 1. The summed E-state index contributed by atoms with van der Waals surface area (Å²) in [5.74, 6) is 1.72. The van der Waals surface area contributed by atoms with Gasteiger partial charge in [0, 0.05) is 70.8 Å². The highest BCUT2D eigenvalue weighted by Gasteiger charge is 2.31. The maximum absolute atomic E-state index is 5.82. The molecule has 7 heteroatoms. The van der Waals surface area contributed by atoms with Crippen LogP contribution in [0, 0.1) is 12.8 Å². The maximum atomic E-state index is 5.82. The predicted octanol–water partition coefficient (Wildman–Crippen LogP) is 4.89. The first-order chi connectivity index (χ1) is 14.6. The van der Waals surface area contributed by atoms with Crippen LogP contribution in [0.4, 0.5) is 0 Å². The van der Waals surface area contributed by atoms with Crippen LogP contribution in [0.3, 0.4) is 0 Å². The van der Waals surface area contributed by atoms with Gasteiger partial charge in [-0.3, -0.25) is 0 Å². The van der Waals surface area contributed by atoms with Gasteiger partial charge in [-0.1, -0.05) is 23.4 Å². The lowest BCUT2D eigenvalue weighted by molar-refractivity contribution is 0.320. The van der Waals surface area contributed by atoms with Crippen LogP contribution in [0.15, 0.2) is 64.6 Å². The lowest BCUT2D eigenvalue weighted by Crippen LogP contribution is -2.28. The van der Waals surface area contributed by atoms with Crippen LogP contribution in [0.25, 0.3) is 10.9 Å². The molecule has 0 bridgehead atoms. The second-order valence-electron chi connectivity index (χ2n) is 7.64. The summed E-state index contributed by atoms with van der Waals surface area (Å²) in [6.07, 6.45) is 7.61. The Morgan fingerprint density at radius 2 is 2.07 bits per heavy atom. The molecule has 3 heterocycles. The number of rotatable bonds is 4. The van der Waals surface area contributed by atoms with Gasteiger partial charge in [-0.2, -0.15) is 0 Å². The number of oxime groups is 1. The van der Waals surface area contributed by atoms with Gasteiger partial charge in [-0.05, 0) is 47.8 Å². The Balaban J connectivity index is 1.60. The number of aryl methyl sites for hydroxylation is 2. The van der Waals surface area contributed by atoms with E-state index in [0.29, 0.717) is 5.88 Å². The molecule has 1 aliphatic rings. The fourth-order valence-electron chi connectivity index (χ4n) is 4.32. The SMILES string of the molecule is Cc1nccn1CC1CCc2c(c3ccccc3n2C)/C1=N/Oc1ccc(Br)cn1. The van der Waals surface area contributed by atoms with Gasteiger partial charge in [0.15, 0.2) is 0 Å². The second kappa shape index (κ2) is 7.72. The summed E-state index contributed by atoms with van der Waals surface area (Å²) >= 11 is 3.41. The Labute approximate surface area is 183 Å². The van der Waals surface area contributed by atoms with Crippen LogP contribution in [0.2, 0.25) is 0 Å². The molecule has 0 N–H and O–H groups in total. The molecule has 30 heavy (non-hydrogen) atoms. The zero-order chi connectivity index (χ0) is 20.7. The van der Waals surface area contributed by atoms with Crippen molar-refractivity contribution >= 4 is 32.5 Å². The number of pyridine rings is 1. The van der Waals surface area contributed by atoms with E-state index in [2.05, 4.69) is 71.5 Å². The monoisotopic (exact) mass is 463 g/mol. The molecule has 1 aliphatic carbocycles. The van der Waals surface area contributed by atoms with Crippen LogP contribution in [0.5, 0.6) is 5.88 Å². The molecule has 0 radical (unpaired) electrons. The molecule has 3 aromatic heterocycles. The standard InChI is InChI=1S/C23H22BrN5O/c1-15-25-11-12-29(15)14-16-7-9-20-22(18-5-3-4-6-19(18)28(20)2)23(16)27-30-21-10-8-17(24)13-26-21/h3-6,8,10-13,16H,7,9,14H2,1-2H3/b27-23+. The summed E-state index contributed by atoms with van der Waals surface area (Å²) in [6.45, 7) is 2.86. The van der Waals surface area contributed by atoms with Gasteiger partial charge in [0.1, 0.15) is 5.82 Å². The third-order valence-electron chi connectivity index (χ3n) is 5.88. The first kappa shape index (κ1) is 19.1. The van der Waals surface area contributed by atoms with E-state index in [1.807, 2.05) is 31.5 Å². The van der Waals surface area contributed by atoms with E-state index in [9.17, 15) is 0 Å². The summed E-state index contributed by atoms with van der Waals surface area (Å²) in [5, 5.41) is 5.89. The summed E-state index contributed by atoms with van der Waals surface area (Å²) in [5.41, 5.74) is 4.70. The summed E-state index contributed by atoms with van der Waals surface area (Å²) < 4.78 is 5.38. The fourth-order valence-corrected chi connectivity index (χ4v) is 4.56. The van der Waals surface area contributed by atoms with Crippen molar-refractivity contribution in [3.05, 3.63) is 76.5 Å². The van der Waals surface area contributed by atoms with Gasteiger partial charge in [0.2, 0.25) is 5.88 Å². The average Bonchev–Trinajstić information content (AvgIpc) is 3.30. The lowest BCUT2D eigenvalue weighted by Gasteiger charge is -2.26. The van der Waals surface area contributed by atoms with Crippen molar-refractivity contribution in [3.8, 4) is 5.88 Å². The van der Waals surface area contributed by atoms with Crippen molar-refractivity contribution in [2.45, 2.75) is 26.3 Å². The molecule has 0 saturated carbocycles. The molecule has 0 saturated heterocycles. The number of para-hydroxylation sites is 1. The van der Waals surface area contributed by atoms with Gasteiger partial charge in [-0.25, -0.2) is 9.97 Å². The minimum atomic E-state index is 0.228. The third kappa shape index (κ3) is 3.33. The van der Waals surface area contributed by atoms with Crippen LogP contribution < -0.4 is 4.84 Å². The van der Waals surface area contributed by atoms with E-state index in [1.165, 1.54) is 22.2 Å². The van der Waals surface area contributed by atoms with Crippen molar-refractivity contribution < 1.29 is 4.84 Å². The molecule has 6 nitrogen and oxygen atoms in total. The Morgan fingerprint density at radius 1 is 1.20 bits per heavy atom. The van der Waals surface area contributed by atoms with Gasteiger partial charge in [0.25, 0.3) is 0 Å². The van der Waals surface area contributed by atoms with Crippen molar-refractivity contribution in [1.29, 1.82) is 0 Å². The van der Waals surface area contributed by atoms with Crippen LogP contribution in [-0.4, -0.2) is 24.8 Å². The molecule has 0 aliphatic heterocycles. The number of halogens is 1. The van der Waals surface area contributed by atoms with Crippen LogP contribution >= 0.6 is 15.9 Å². The van der Waals surface area contributed by atoms with Crippen molar-refractivity contribution in [2.75, 3.05) is 0 Å². The molecule has 1 aromatic carbocycles. The fraction of sp³-hybridized carbons (Fsp3) is 0.261. The molecular weight excluding hydrogens is 442 g/mol. The zero-order valence-corrected chi connectivity index (χ0v) is 18.5. The minimum Gasteiger partial charge on any atom is -0.347 e. The Morgan fingerprint density at radius 3 is 2.83 bits per heavy atom. The number of nitrogens with zero attached hydrogens (tertiary/aromatic N) is 5. The van der Waals surface area contributed by atoms with Gasteiger partial charge >= 0.3 is 0 Å². The molecule has 5 rings (SSSR count). The van der Waals surface area contributed by atoms with Gasteiger partial charge < -0.3 is 14.0 Å². The van der Waals surface area contributed by atoms with E-state index in [0.717, 1.165) is 35.4 Å². The van der Waals surface area contributed by atoms with Crippen molar-refractivity contribution in [2.24, 2.45) is 18.1 Å². The Hall–Kier alpha value is -2.93.